The first-order valence-corrected chi connectivity index (χ1v) is 17.8. The van der Waals surface area contributed by atoms with E-state index in [2.05, 4.69) is 173 Å². The van der Waals surface area contributed by atoms with Crippen LogP contribution in [0.15, 0.2) is 152 Å². The van der Waals surface area contributed by atoms with Crippen molar-refractivity contribution in [2.24, 2.45) is 14.1 Å². The Morgan fingerprint density at radius 2 is 1.12 bits per heavy atom. The van der Waals surface area contributed by atoms with Gasteiger partial charge in [0.15, 0.2) is 0 Å². The first-order valence-electron chi connectivity index (χ1n) is 17.8. The lowest BCUT2D eigenvalue weighted by atomic mass is 9.98. The zero-order valence-corrected chi connectivity index (χ0v) is 28.9. The van der Waals surface area contributed by atoms with Gasteiger partial charge in [0.2, 0.25) is 0 Å². The summed E-state index contributed by atoms with van der Waals surface area (Å²) in [6.45, 7) is 0. The summed E-state index contributed by atoms with van der Waals surface area (Å²) in [6, 6.07) is 54.8. The van der Waals surface area contributed by atoms with E-state index in [1.165, 1.54) is 44.1 Å². The van der Waals surface area contributed by atoms with Crippen LogP contribution >= 0.6 is 0 Å². The molecule has 246 valence electrons. The Morgan fingerprint density at radius 3 is 2.04 bits per heavy atom. The fraction of sp³-hybridized carbons (Fsp3) is 0.0638. The molecule has 3 aromatic heterocycles. The third-order valence-corrected chi connectivity index (χ3v) is 11.1. The second kappa shape index (κ2) is 10.9. The molecule has 0 saturated carbocycles. The quantitative estimate of drug-likeness (QED) is 0.187. The second-order valence-corrected chi connectivity index (χ2v) is 14.0. The zero-order valence-electron chi connectivity index (χ0n) is 28.9. The van der Waals surface area contributed by atoms with E-state index < -0.39 is 0 Å². The maximum absolute atomic E-state index is 5.38. The van der Waals surface area contributed by atoms with Crippen LogP contribution in [0.2, 0.25) is 0 Å². The summed E-state index contributed by atoms with van der Waals surface area (Å²) in [5, 5.41) is 2.44. The molecule has 0 spiro atoms. The second-order valence-electron chi connectivity index (χ2n) is 14.0. The first-order chi connectivity index (χ1) is 25.6. The van der Waals surface area contributed by atoms with Crippen LogP contribution in [0.5, 0.6) is 0 Å². The van der Waals surface area contributed by atoms with Gasteiger partial charge in [-0.15, -0.1) is 0 Å². The van der Waals surface area contributed by atoms with Gasteiger partial charge in [-0.05, 0) is 76.7 Å². The number of rotatable bonds is 4. The highest BCUT2D eigenvalue weighted by Gasteiger charge is 2.21. The summed E-state index contributed by atoms with van der Waals surface area (Å²) in [4.78, 5) is 10.4. The van der Waals surface area contributed by atoms with E-state index in [0.717, 1.165) is 68.0 Å². The number of nitrogens with zero attached hydrogens (tertiary/aromatic N) is 5. The number of hydrogen-bond acceptors (Lipinski definition) is 2. The smallest absolute Gasteiger partial charge is 0.140 e. The van der Waals surface area contributed by atoms with Gasteiger partial charge in [0.05, 0.1) is 33.1 Å². The number of para-hydroxylation sites is 4. The Labute approximate surface area is 300 Å². The Balaban J connectivity index is 1.06. The molecule has 0 unspecified atom stereocenters. The molecular weight excluding hydrogens is 635 g/mol. The predicted octanol–water partition coefficient (Wildman–Crippen LogP) is 11.1. The third-order valence-electron chi connectivity index (χ3n) is 11.1. The summed E-state index contributed by atoms with van der Waals surface area (Å²) >= 11 is 0. The Morgan fingerprint density at radius 1 is 0.442 bits per heavy atom. The minimum Gasteiger partial charge on any atom is -0.327 e. The number of hydrogen-bond donors (Lipinski definition) is 0. The molecule has 1 aliphatic rings. The van der Waals surface area contributed by atoms with Crippen LogP contribution in [-0.4, -0.2) is 23.7 Å². The van der Waals surface area contributed by atoms with Crippen molar-refractivity contribution in [3.63, 3.8) is 0 Å². The SMILES string of the molecule is Cn1c(-c2cccc(-n3c4ccccc4c4ccc(-c5nc6c(-c7ccc8c(c7)Cc7ccccc7-8)cccc6n5C)cc43)c2)nc2ccccc21. The largest absolute Gasteiger partial charge is 0.327 e. The maximum atomic E-state index is 5.38. The lowest BCUT2D eigenvalue weighted by Gasteiger charge is -2.11. The molecule has 3 heterocycles. The van der Waals surface area contributed by atoms with Crippen molar-refractivity contribution in [3.05, 3.63) is 163 Å². The molecule has 10 aromatic rings. The van der Waals surface area contributed by atoms with Gasteiger partial charge in [-0.1, -0.05) is 109 Å². The van der Waals surface area contributed by atoms with Crippen LogP contribution in [0.1, 0.15) is 11.1 Å². The van der Waals surface area contributed by atoms with E-state index in [-0.39, 0.29) is 0 Å². The molecule has 1 aliphatic carbocycles. The van der Waals surface area contributed by atoms with E-state index in [1.54, 1.807) is 0 Å². The van der Waals surface area contributed by atoms with Gasteiger partial charge in [0.25, 0.3) is 0 Å². The lowest BCUT2D eigenvalue weighted by molar-refractivity contribution is 0.958. The van der Waals surface area contributed by atoms with Gasteiger partial charge < -0.3 is 13.7 Å². The molecule has 0 N–H and O–H groups in total. The molecule has 0 amide bonds. The minimum absolute atomic E-state index is 0.947. The molecule has 0 radical (unpaired) electrons. The van der Waals surface area contributed by atoms with Crippen molar-refractivity contribution >= 4 is 43.9 Å². The Hall–Kier alpha value is -6.72. The van der Waals surface area contributed by atoms with E-state index in [9.17, 15) is 0 Å². The van der Waals surface area contributed by atoms with Crippen molar-refractivity contribution in [2.45, 2.75) is 6.42 Å². The fourth-order valence-corrected chi connectivity index (χ4v) is 8.59. The number of aryl methyl sites for hydroxylation is 2. The van der Waals surface area contributed by atoms with Gasteiger partial charge in [0.1, 0.15) is 11.6 Å². The van der Waals surface area contributed by atoms with E-state index in [1.807, 2.05) is 6.07 Å². The highest BCUT2D eigenvalue weighted by Crippen LogP contribution is 2.41. The molecule has 7 aromatic carbocycles. The topological polar surface area (TPSA) is 40.6 Å². The number of aromatic nitrogens is 5. The van der Waals surface area contributed by atoms with Gasteiger partial charge >= 0.3 is 0 Å². The number of benzene rings is 7. The monoisotopic (exact) mass is 667 g/mol. The molecule has 0 bridgehead atoms. The molecule has 5 nitrogen and oxygen atoms in total. The maximum Gasteiger partial charge on any atom is 0.140 e. The minimum atomic E-state index is 0.947. The van der Waals surface area contributed by atoms with Gasteiger partial charge in [-0.3, -0.25) is 0 Å². The number of fused-ring (bicyclic) bond motifs is 8. The summed E-state index contributed by atoms with van der Waals surface area (Å²) < 4.78 is 6.81. The summed E-state index contributed by atoms with van der Waals surface area (Å²) in [6.07, 6.45) is 0.970. The highest BCUT2D eigenvalue weighted by atomic mass is 15.1. The van der Waals surface area contributed by atoms with Crippen molar-refractivity contribution < 1.29 is 0 Å². The van der Waals surface area contributed by atoms with Crippen molar-refractivity contribution in [1.82, 2.24) is 23.7 Å². The third kappa shape index (κ3) is 4.17. The van der Waals surface area contributed by atoms with Crippen LogP contribution in [0, 0.1) is 0 Å². The zero-order chi connectivity index (χ0) is 34.5. The van der Waals surface area contributed by atoms with E-state index in [0.29, 0.717) is 0 Å². The van der Waals surface area contributed by atoms with E-state index in [4.69, 9.17) is 9.97 Å². The first kappa shape index (κ1) is 29.1. The van der Waals surface area contributed by atoms with Gasteiger partial charge in [0, 0.05) is 47.2 Å². The standard InChI is InChI=1S/C47H33N5/c1-50-42-19-8-6-17-40(42)48-46(50)31-12-9-13-34(27-31)52-41-18-7-5-15-38(41)39-24-22-32(28-44(39)52)47-49-45-37(16-10-20-43(45)51(47)2)30-21-23-36-33(26-30)25-29-11-3-4-14-35(29)36/h3-24,26-28H,25H2,1-2H3. The van der Waals surface area contributed by atoms with Crippen LogP contribution in [-0.2, 0) is 20.5 Å². The molecule has 0 saturated heterocycles. The molecule has 0 fully saturated rings. The molecule has 11 rings (SSSR count). The van der Waals surface area contributed by atoms with Crippen molar-refractivity contribution in [2.75, 3.05) is 0 Å². The van der Waals surface area contributed by atoms with Crippen molar-refractivity contribution in [3.8, 4) is 50.7 Å². The van der Waals surface area contributed by atoms with Crippen LogP contribution < -0.4 is 0 Å². The van der Waals surface area contributed by atoms with Gasteiger partial charge in [-0.2, -0.15) is 0 Å². The van der Waals surface area contributed by atoms with E-state index >= 15 is 0 Å². The van der Waals surface area contributed by atoms with Crippen molar-refractivity contribution in [1.29, 1.82) is 0 Å². The Bertz CT molecular complexity index is 3080. The van der Waals surface area contributed by atoms with Crippen LogP contribution in [0.4, 0.5) is 0 Å². The normalized spacial score (nSPS) is 12.3. The van der Waals surface area contributed by atoms with Gasteiger partial charge in [-0.25, -0.2) is 9.97 Å². The lowest BCUT2D eigenvalue weighted by Crippen LogP contribution is -1.97. The average molecular weight is 668 g/mol. The summed E-state index contributed by atoms with van der Waals surface area (Å²) in [5.41, 5.74) is 17.7. The number of imidazole rings is 2. The average Bonchev–Trinajstić information content (AvgIpc) is 3.93. The Kier molecular flexibility index (Phi) is 6.08. The predicted molar refractivity (Wildman–Crippen MR) is 214 cm³/mol. The van der Waals surface area contributed by atoms with Crippen LogP contribution in [0.3, 0.4) is 0 Å². The fourth-order valence-electron chi connectivity index (χ4n) is 8.59. The highest BCUT2D eigenvalue weighted by molar-refractivity contribution is 6.10. The summed E-state index contributed by atoms with van der Waals surface area (Å²) in [7, 11) is 4.23. The summed E-state index contributed by atoms with van der Waals surface area (Å²) in [5.74, 6) is 1.90. The molecule has 0 aliphatic heterocycles. The molecule has 52 heavy (non-hydrogen) atoms. The molecule has 5 heteroatoms. The molecule has 0 atom stereocenters. The molecular formula is C47H33N5. The van der Waals surface area contributed by atoms with Crippen LogP contribution in [0.25, 0.3) is 94.6 Å².